The monoisotopic (exact) mass is 359 g/mol. The molecule has 0 fully saturated rings. The highest BCUT2D eigenvalue weighted by atomic mass is 35.5. The van der Waals surface area contributed by atoms with Crippen LogP contribution in [0, 0.1) is 0 Å². The van der Waals surface area contributed by atoms with Crippen LogP contribution < -0.4 is 4.74 Å². The number of aromatic nitrogens is 3. The van der Waals surface area contributed by atoms with E-state index in [4.69, 9.17) is 25.6 Å². The first-order valence-electron chi connectivity index (χ1n) is 7.37. The third-order valence-corrected chi connectivity index (χ3v) is 3.61. The number of benzene rings is 1. The van der Waals surface area contributed by atoms with E-state index in [1.165, 1.54) is 13.2 Å². The number of carbonyl (C=O) groups is 1. The van der Waals surface area contributed by atoms with Gasteiger partial charge in [-0.3, -0.25) is 4.98 Å². The summed E-state index contributed by atoms with van der Waals surface area (Å²) in [4.78, 5) is 20.6. The molecule has 1 atom stereocenters. The normalized spacial score (nSPS) is 11.8. The first-order chi connectivity index (χ1) is 12.1. The molecule has 3 aromatic rings. The fraction of sp³-hybridized carbons (Fsp3) is 0.176. The molecule has 0 amide bonds. The Balaban J connectivity index is 1.77. The van der Waals surface area contributed by atoms with Gasteiger partial charge in [-0.1, -0.05) is 16.8 Å². The molecule has 0 bridgehead atoms. The first-order valence-corrected chi connectivity index (χ1v) is 7.75. The molecule has 0 aliphatic heterocycles. The highest BCUT2D eigenvalue weighted by Gasteiger charge is 2.22. The zero-order valence-corrected chi connectivity index (χ0v) is 14.2. The van der Waals surface area contributed by atoms with Crippen molar-refractivity contribution < 1.29 is 18.8 Å². The Labute approximate surface area is 148 Å². The van der Waals surface area contributed by atoms with Crippen molar-refractivity contribution in [3.05, 3.63) is 59.2 Å². The second-order valence-corrected chi connectivity index (χ2v) is 5.53. The van der Waals surface area contributed by atoms with Gasteiger partial charge in [-0.2, -0.15) is 4.98 Å². The summed E-state index contributed by atoms with van der Waals surface area (Å²) >= 11 is 5.93. The van der Waals surface area contributed by atoms with Gasteiger partial charge in [-0.15, -0.1) is 0 Å². The lowest BCUT2D eigenvalue weighted by atomic mass is 10.2. The molecule has 7 nitrogen and oxygen atoms in total. The standard InChI is InChI=1S/C17H14ClN3O4/c1-10(16-20-15(21-25-16)11-4-3-7-19-9-11)24-17(22)13-8-12(18)5-6-14(13)23-2/h3-10H,1-2H3. The summed E-state index contributed by atoms with van der Waals surface area (Å²) in [7, 11) is 1.46. The Hall–Kier alpha value is -2.93. The Morgan fingerprint density at radius 2 is 2.16 bits per heavy atom. The van der Waals surface area contributed by atoms with Gasteiger partial charge in [-0.25, -0.2) is 4.79 Å². The first kappa shape index (κ1) is 16.9. The van der Waals surface area contributed by atoms with Crippen molar-refractivity contribution >= 4 is 17.6 Å². The predicted octanol–water partition coefficient (Wildman–Crippen LogP) is 3.71. The van der Waals surface area contributed by atoms with Crippen LogP contribution in [-0.4, -0.2) is 28.2 Å². The Morgan fingerprint density at radius 3 is 2.88 bits per heavy atom. The molecule has 128 valence electrons. The van der Waals surface area contributed by atoms with E-state index < -0.39 is 12.1 Å². The quantitative estimate of drug-likeness (QED) is 0.641. The van der Waals surface area contributed by atoms with E-state index in [9.17, 15) is 4.79 Å². The molecule has 3 rings (SSSR count). The number of hydrogen-bond acceptors (Lipinski definition) is 7. The molecule has 2 aromatic heterocycles. The summed E-state index contributed by atoms with van der Waals surface area (Å²) in [5.74, 6) is 0.302. The highest BCUT2D eigenvalue weighted by Crippen LogP contribution is 2.26. The molecule has 1 aromatic carbocycles. The number of halogens is 1. The fourth-order valence-electron chi connectivity index (χ4n) is 2.13. The second kappa shape index (κ2) is 7.31. The van der Waals surface area contributed by atoms with Gasteiger partial charge in [0.05, 0.1) is 7.11 Å². The number of rotatable bonds is 5. The number of hydrogen-bond donors (Lipinski definition) is 0. The molecule has 1 unspecified atom stereocenters. The second-order valence-electron chi connectivity index (χ2n) is 5.09. The zero-order chi connectivity index (χ0) is 17.8. The lowest BCUT2D eigenvalue weighted by Crippen LogP contribution is -2.11. The number of pyridine rings is 1. The smallest absolute Gasteiger partial charge is 0.342 e. The average Bonchev–Trinajstić information content (AvgIpc) is 3.12. The molecule has 0 aliphatic carbocycles. The van der Waals surface area contributed by atoms with Crippen LogP contribution in [0.5, 0.6) is 5.75 Å². The number of nitrogens with zero attached hydrogens (tertiary/aromatic N) is 3. The van der Waals surface area contributed by atoms with Crippen LogP contribution >= 0.6 is 11.6 Å². The summed E-state index contributed by atoms with van der Waals surface area (Å²) in [5.41, 5.74) is 0.918. The molecule has 25 heavy (non-hydrogen) atoms. The summed E-state index contributed by atoms with van der Waals surface area (Å²) in [6, 6.07) is 8.26. The number of esters is 1. The molecule has 2 heterocycles. The van der Waals surface area contributed by atoms with E-state index in [-0.39, 0.29) is 11.5 Å². The van der Waals surface area contributed by atoms with Gasteiger partial charge < -0.3 is 14.0 Å². The third kappa shape index (κ3) is 3.77. The Bertz CT molecular complexity index is 883. The van der Waals surface area contributed by atoms with Gasteiger partial charge in [0.15, 0.2) is 6.10 Å². The molecule has 0 N–H and O–H groups in total. The van der Waals surface area contributed by atoms with E-state index in [0.717, 1.165) is 0 Å². The van der Waals surface area contributed by atoms with Crippen molar-refractivity contribution in [2.45, 2.75) is 13.0 Å². The largest absolute Gasteiger partial charge is 0.496 e. The van der Waals surface area contributed by atoms with Crippen molar-refractivity contribution in [1.29, 1.82) is 0 Å². The fourth-order valence-corrected chi connectivity index (χ4v) is 2.30. The van der Waals surface area contributed by atoms with Crippen LogP contribution in [0.15, 0.2) is 47.2 Å². The van der Waals surface area contributed by atoms with E-state index in [1.807, 2.05) is 0 Å². The minimum absolute atomic E-state index is 0.174. The number of carbonyl (C=O) groups excluding carboxylic acids is 1. The molecule has 8 heteroatoms. The van der Waals surface area contributed by atoms with Gasteiger partial charge in [0, 0.05) is 23.0 Å². The minimum Gasteiger partial charge on any atom is -0.496 e. The predicted molar refractivity (Wildman–Crippen MR) is 89.4 cm³/mol. The summed E-state index contributed by atoms with van der Waals surface area (Å²) in [5, 5.41) is 4.27. The average molecular weight is 360 g/mol. The van der Waals surface area contributed by atoms with Crippen molar-refractivity contribution in [3.8, 4) is 17.1 Å². The van der Waals surface area contributed by atoms with Crippen LogP contribution in [0.4, 0.5) is 0 Å². The van der Waals surface area contributed by atoms with Crippen LogP contribution in [0.2, 0.25) is 5.02 Å². The lowest BCUT2D eigenvalue weighted by molar-refractivity contribution is 0.0262. The van der Waals surface area contributed by atoms with Gasteiger partial charge >= 0.3 is 5.97 Å². The van der Waals surface area contributed by atoms with Crippen molar-refractivity contribution in [1.82, 2.24) is 15.1 Å². The number of ether oxygens (including phenoxy) is 2. The van der Waals surface area contributed by atoms with Crippen molar-refractivity contribution in [3.63, 3.8) is 0 Å². The molecule has 0 spiro atoms. The topological polar surface area (TPSA) is 87.3 Å². The van der Waals surface area contributed by atoms with Crippen molar-refractivity contribution in [2.75, 3.05) is 7.11 Å². The van der Waals surface area contributed by atoms with E-state index in [2.05, 4.69) is 15.1 Å². The molecule has 0 saturated heterocycles. The molecule has 0 radical (unpaired) electrons. The maximum Gasteiger partial charge on any atom is 0.342 e. The number of methoxy groups -OCH3 is 1. The third-order valence-electron chi connectivity index (χ3n) is 3.37. The van der Waals surface area contributed by atoms with Crippen LogP contribution in [0.3, 0.4) is 0 Å². The molecule has 0 aliphatic rings. The Morgan fingerprint density at radius 1 is 1.32 bits per heavy atom. The summed E-state index contributed by atoms with van der Waals surface area (Å²) in [6.45, 7) is 1.63. The minimum atomic E-state index is -0.742. The summed E-state index contributed by atoms with van der Waals surface area (Å²) in [6.07, 6.45) is 2.52. The SMILES string of the molecule is COc1ccc(Cl)cc1C(=O)OC(C)c1nc(-c2cccnc2)no1. The highest BCUT2D eigenvalue weighted by molar-refractivity contribution is 6.31. The van der Waals surface area contributed by atoms with Gasteiger partial charge in [0.25, 0.3) is 5.89 Å². The van der Waals surface area contributed by atoms with Gasteiger partial charge in [0.1, 0.15) is 11.3 Å². The zero-order valence-electron chi connectivity index (χ0n) is 13.5. The van der Waals surface area contributed by atoms with E-state index >= 15 is 0 Å². The van der Waals surface area contributed by atoms with Crippen molar-refractivity contribution in [2.24, 2.45) is 0 Å². The molecular weight excluding hydrogens is 346 g/mol. The van der Waals surface area contributed by atoms with Crippen LogP contribution in [-0.2, 0) is 4.74 Å². The Kier molecular flexibility index (Phi) is 4.95. The van der Waals surface area contributed by atoms with Gasteiger partial charge in [-0.05, 0) is 37.3 Å². The maximum absolute atomic E-state index is 12.4. The maximum atomic E-state index is 12.4. The van der Waals surface area contributed by atoms with E-state index in [1.54, 1.807) is 43.6 Å². The summed E-state index contributed by atoms with van der Waals surface area (Å²) < 4.78 is 15.7. The van der Waals surface area contributed by atoms with E-state index in [0.29, 0.717) is 22.2 Å². The molecular formula is C17H14ClN3O4. The van der Waals surface area contributed by atoms with Crippen LogP contribution in [0.25, 0.3) is 11.4 Å². The molecule has 0 saturated carbocycles. The van der Waals surface area contributed by atoms with Gasteiger partial charge in [0.2, 0.25) is 5.82 Å². The van der Waals surface area contributed by atoms with Crippen LogP contribution in [0.1, 0.15) is 29.3 Å². The lowest BCUT2D eigenvalue weighted by Gasteiger charge is -2.11.